The number of hydrogen-bond donors (Lipinski definition) is 2. The molecule has 0 atom stereocenters. The van der Waals surface area contributed by atoms with E-state index in [2.05, 4.69) is 10.6 Å². The molecular weight excluding hydrogens is 464 g/mol. The van der Waals surface area contributed by atoms with E-state index in [1.165, 1.54) is 6.92 Å². The number of nitrogens with zero attached hydrogens (tertiary/aromatic N) is 2. The Kier molecular flexibility index (Phi) is 5.74. The predicted molar refractivity (Wildman–Crippen MR) is 133 cm³/mol. The van der Waals surface area contributed by atoms with Gasteiger partial charge in [0.15, 0.2) is 5.72 Å². The molecule has 2 aromatic carbocycles. The van der Waals surface area contributed by atoms with Crippen LogP contribution in [0.25, 0.3) is 10.9 Å². The highest BCUT2D eigenvalue weighted by Gasteiger charge is 2.43. The number of aryl methyl sites for hydroxylation is 1. The number of piperidine rings is 1. The number of methoxy groups -OCH3 is 2. The average Bonchev–Trinajstić information content (AvgIpc) is 3.21. The minimum Gasteiger partial charge on any atom is -0.496 e. The third-order valence-corrected chi connectivity index (χ3v) is 6.83. The zero-order chi connectivity index (χ0) is 25.6. The Morgan fingerprint density at radius 2 is 1.75 bits per heavy atom. The summed E-state index contributed by atoms with van der Waals surface area (Å²) in [6.45, 7) is 2.23. The predicted octanol–water partition coefficient (Wildman–Crippen LogP) is 2.91. The average molecular weight is 493 g/mol. The summed E-state index contributed by atoms with van der Waals surface area (Å²) in [5.41, 5.74) is 1.31. The fraction of sp³-hybridized carbons (Fsp3) is 0.346. The molecule has 2 aliphatic rings. The summed E-state index contributed by atoms with van der Waals surface area (Å²) in [4.78, 5) is 39.5. The molecule has 3 aromatic rings. The summed E-state index contributed by atoms with van der Waals surface area (Å²) in [6.07, 6.45) is 0.877. The van der Waals surface area contributed by atoms with Gasteiger partial charge in [-0.15, -0.1) is 0 Å². The van der Waals surface area contributed by atoms with Gasteiger partial charge in [0, 0.05) is 51.0 Å². The number of rotatable bonds is 4. The minimum absolute atomic E-state index is 0.116. The van der Waals surface area contributed by atoms with Gasteiger partial charge in [-0.25, -0.2) is 0 Å². The molecule has 0 aliphatic carbocycles. The fourth-order valence-corrected chi connectivity index (χ4v) is 5.00. The Morgan fingerprint density at radius 3 is 2.42 bits per heavy atom. The van der Waals surface area contributed by atoms with Crippen molar-refractivity contribution in [2.75, 3.05) is 32.6 Å². The van der Waals surface area contributed by atoms with Gasteiger partial charge in [0.05, 0.1) is 25.3 Å². The lowest BCUT2D eigenvalue weighted by molar-refractivity contribution is -0.114. The standard InChI is InChI=1S/C26H28N4O6/c1-15(31)27-16-5-6-21-18(13-16)24(32)28-26(36-21)9-11-30(12-10-26)25(33)19-14-17-20(34-3)7-8-22(35-4)23(17)29(19)2/h5-8,13-14H,9-12H2,1-4H3,(H,27,31)(H,28,32). The molecule has 0 bridgehead atoms. The second-order valence-corrected chi connectivity index (χ2v) is 9.06. The van der Waals surface area contributed by atoms with Crippen LogP contribution in [0.1, 0.15) is 40.6 Å². The topological polar surface area (TPSA) is 111 Å². The number of amides is 3. The van der Waals surface area contributed by atoms with Gasteiger partial charge in [-0.2, -0.15) is 0 Å². The summed E-state index contributed by atoms with van der Waals surface area (Å²) >= 11 is 0. The maximum absolute atomic E-state index is 13.5. The van der Waals surface area contributed by atoms with E-state index in [-0.39, 0.29) is 17.7 Å². The highest BCUT2D eigenvalue weighted by Crippen LogP contribution is 2.37. The first-order valence-corrected chi connectivity index (χ1v) is 11.7. The molecule has 1 spiro atoms. The summed E-state index contributed by atoms with van der Waals surface area (Å²) in [5.74, 6) is 1.18. The number of hydrogen-bond acceptors (Lipinski definition) is 6. The van der Waals surface area contributed by atoms with Crippen LogP contribution in [0, 0.1) is 0 Å². The zero-order valence-corrected chi connectivity index (χ0v) is 20.6. The van der Waals surface area contributed by atoms with Crippen molar-refractivity contribution in [1.82, 2.24) is 14.8 Å². The van der Waals surface area contributed by atoms with Crippen LogP contribution in [0.2, 0.25) is 0 Å². The van der Waals surface area contributed by atoms with Crippen LogP contribution in [-0.4, -0.2) is 60.2 Å². The molecule has 10 heteroatoms. The molecular formula is C26H28N4O6. The van der Waals surface area contributed by atoms with Gasteiger partial charge in [-0.3, -0.25) is 14.4 Å². The van der Waals surface area contributed by atoms with Crippen molar-refractivity contribution in [3.8, 4) is 17.2 Å². The van der Waals surface area contributed by atoms with Crippen molar-refractivity contribution in [3.63, 3.8) is 0 Å². The van der Waals surface area contributed by atoms with E-state index in [4.69, 9.17) is 14.2 Å². The van der Waals surface area contributed by atoms with E-state index in [0.29, 0.717) is 60.1 Å². The molecule has 0 unspecified atom stereocenters. The van der Waals surface area contributed by atoms with E-state index in [0.717, 1.165) is 10.9 Å². The summed E-state index contributed by atoms with van der Waals surface area (Å²) in [6, 6.07) is 10.5. The number of carbonyl (C=O) groups is 3. The van der Waals surface area contributed by atoms with E-state index in [9.17, 15) is 14.4 Å². The molecule has 1 fully saturated rings. The number of benzene rings is 2. The smallest absolute Gasteiger partial charge is 0.270 e. The molecule has 1 saturated heterocycles. The van der Waals surface area contributed by atoms with Crippen LogP contribution < -0.4 is 24.8 Å². The Bertz CT molecular complexity index is 1390. The molecule has 2 aliphatic heterocycles. The number of fused-ring (bicyclic) bond motifs is 2. The molecule has 0 saturated carbocycles. The van der Waals surface area contributed by atoms with Crippen molar-refractivity contribution in [2.24, 2.45) is 7.05 Å². The molecule has 1 aromatic heterocycles. The second kappa shape index (κ2) is 8.78. The molecule has 3 amide bonds. The minimum atomic E-state index is -0.887. The molecule has 10 nitrogen and oxygen atoms in total. The fourth-order valence-electron chi connectivity index (χ4n) is 5.00. The van der Waals surface area contributed by atoms with Gasteiger partial charge in [0.2, 0.25) is 5.91 Å². The number of ether oxygens (including phenoxy) is 3. The van der Waals surface area contributed by atoms with Crippen molar-refractivity contribution < 1.29 is 28.6 Å². The quantitative estimate of drug-likeness (QED) is 0.580. The van der Waals surface area contributed by atoms with E-state index < -0.39 is 5.72 Å². The van der Waals surface area contributed by atoms with Crippen molar-refractivity contribution in [3.05, 3.63) is 47.7 Å². The largest absolute Gasteiger partial charge is 0.496 e. The second-order valence-electron chi connectivity index (χ2n) is 9.06. The zero-order valence-electron chi connectivity index (χ0n) is 20.6. The lowest BCUT2D eigenvalue weighted by Crippen LogP contribution is -2.61. The maximum atomic E-state index is 13.5. The first-order chi connectivity index (χ1) is 17.2. The number of carbonyl (C=O) groups excluding carboxylic acids is 3. The first kappa shape index (κ1) is 23.5. The van der Waals surface area contributed by atoms with Gasteiger partial charge in [0.25, 0.3) is 11.8 Å². The number of aromatic nitrogens is 1. The van der Waals surface area contributed by atoms with Crippen LogP contribution in [-0.2, 0) is 11.8 Å². The van der Waals surface area contributed by atoms with Gasteiger partial charge >= 0.3 is 0 Å². The number of likely N-dealkylation sites (tertiary alicyclic amines) is 1. The summed E-state index contributed by atoms with van der Waals surface area (Å²) < 4.78 is 19.1. The Hall–Kier alpha value is -4.21. The van der Waals surface area contributed by atoms with E-state index in [1.54, 1.807) is 37.3 Å². The third kappa shape index (κ3) is 3.88. The van der Waals surface area contributed by atoms with Gasteiger partial charge < -0.3 is 34.3 Å². The molecule has 3 heterocycles. The van der Waals surface area contributed by atoms with Crippen LogP contribution in [0.5, 0.6) is 17.2 Å². The Morgan fingerprint density at radius 1 is 1.06 bits per heavy atom. The Balaban J connectivity index is 1.35. The third-order valence-electron chi connectivity index (χ3n) is 6.83. The lowest BCUT2D eigenvalue weighted by atomic mass is 9.96. The summed E-state index contributed by atoms with van der Waals surface area (Å²) in [7, 11) is 5.02. The lowest BCUT2D eigenvalue weighted by Gasteiger charge is -2.44. The van der Waals surface area contributed by atoms with Crippen molar-refractivity contribution in [1.29, 1.82) is 0 Å². The molecule has 2 N–H and O–H groups in total. The van der Waals surface area contributed by atoms with Crippen molar-refractivity contribution in [2.45, 2.75) is 25.5 Å². The van der Waals surface area contributed by atoms with Crippen LogP contribution in [0.15, 0.2) is 36.4 Å². The molecule has 5 rings (SSSR count). The monoisotopic (exact) mass is 492 g/mol. The Labute approximate surface area is 208 Å². The van der Waals surface area contributed by atoms with Crippen LogP contribution >= 0.6 is 0 Å². The van der Waals surface area contributed by atoms with Gasteiger partial charge in [-0.1, -0.05) is 0 Å². The van der Waals surface area contributed by atoms with Crippen molar-refractivity contribution >= 4 is 34.3 Å². The van der Waals surface area contributed by atoms with E-state index in [1.807, 2.05) is 29.8 Å². The van der Waals surface area contributed by atoms with Crippen LogP contribution in [0.4, 0.5) is 5.69 Å². The van der Waals surface area contributed by atoms with Gasteiger partial charge in [0.1, 0.15) is 22.9 Å². The number of nitrogens with one attached hydrogen (secondary N) is 2. The number of anilines is 1. The molecule has 188 valence electrons. The summed E-state index contributed by atoms with van der Waals surface area (Å²) in [5, 5.41) is 6.45. The maximum Gasteiger partial charge on any atom is 0.270 e. The molecule has 0 radical (unpaired) electrons. The van der Waals surface area contributed by atoms with E-state index >= 15 is 0 Å². The van der Waals surface area contributed by atoms with Gasteiger partial charge in [-0.05, 0) is 36.4 Å². The highest BCUT2D eigenvalue weighted by atomic mass is 16.5. The first-order valence-electron chi connectivity index (χ1n) is 11.7. The molecule has 36 heavy (non-hydrogen) atoms. The normalized spacial score (nSPS) is 16.2. The SMILES string of the molecule is COc1ccc(OC)c2c1cc(C(=O)N1CCC3(CC1)NC(=O)c1cc(NC(C)=O)ccc1O3)n2C. The highest BCUT2D eigenvalue weighted by molar-refractivity contribution is 6.03. The van der Waals surface area contributed by atoms with Crippen LogP contribution in [0.3, 0.4) is 0 Å².